The molecule has 3 N–H and O–H groups in total. The molecule has 1 aromatic heterocycles. The van der Waals surface area contributed by atoms with Gasteiger partial charge in [-0.2, -0.15) is 0 Å². The third-order valence-electron chi connectivity index (χ3n) is 3.35. The molecule has 0 spiro atoms. The van der Waals surface area contributed by atoms with Crippen molar-refractivity contribution in [3.05, 3.63) is 5.01 Å². The third kappa shape index (κ3) is 3.62. The molecular weight excluding hydrogens is 234 g/mol. The highest BCUT2D eigenvalue weighted by Crippen LogP contribution is 2.24. The van der Waals surface area contributed by atoms with Crippen molar-refractivity contribution < 1.29 is 0 Å². The number of piperidine rings is 1. The molecule has 1 aliphatic heterocycles. The van der Waals surface area contributed by atoms with E-state index >= 15 is 0 Å². The van der Waals surface area contributed by atoms with Crippen LogP contribution in [-0.2, 0) is 6.54 Å². The summed E-state index contributed by atoms with van der Waals surface area (Å²) in [4.78, 5) is 2.47. The minimum atomic E-state index is 0.695. The molecule has 1 saturated heterocycles. The highest BCUT2D eigenvalue weighted by Gasteiger charge is 2.19. The van der Waals surface area contributed by atoms with Gasteiger partial charge in [-0.25, -0.2) is 5.84 Å². The van der Waals surface area contributed by atoms with Gasteiger partial charge in [0.05, 0.1) is 6.54 Å². The van der Waals surface area contributed by atoms with Gasteiger partial charge in [0.15, 0.2) is 0 Å². The minimum absolute atomic E-state index is 0.695. The summed E-state index contributed by atoms with van der Waals surface area (Å²) < 4.78 is 0. The highest BCUT2D eigenvalue weighted by atomic mass is 32.1. The molecule has 0 saturated carbocycles. The van der Waals surface area contributed by atoms with Gasteiger partial charge in [-0.1, -0.05) is 31.1 Å². The molecule has 1 aromatic rings. The SMILES string of the molecule is CCCC1CCN(Cc2nnc(NN)s2)CC1. The van der Waals surface area contributed by atoms with Crippen LogP contribution < -0.4 is 11.3 Å². The molecule has 0 unspecified atom stereocenters. The van der Waals surface area contributed by atoms with E-state index in [1.165, 1.54) is 50.1 Å². The van der Waals surface area contributed by atoms with E-state index in [2.05, 4.69) is 27.4 Å². The van der Waals surface area contributed by atoms with Crippen molar-refractivity contribution in [2.45, 2.75) is 39.2 Å². The summed E-state index contributed by atoms with van der Waals surface area (Å²) >= 11 is 1.54. The molecule has 96 valence electrons. The standard InChI is InChI=1S/C11H21N5S/c1-2-3-9-4-6-16(7-5-9)8-10-14-15-11(13-12)17-10/h9H,2-8,12H2,1H3,(H,13,15). The zero-order valence-corrected chi connectivity index (χ0v) is 11.2. The molecule has 6 heteroatoms. The smallest absolute Gasteiger partial charge is 0.219 e. The van der Waals surface area contributed by atoms with Crippen LogP contribution in [0.1, 0.15) is 37.6 Å². The molecule has 5 nitrogen and oxygen atoms in total. The molecule has 2 rings (SSSR count). The van der Waals surface area contributed by atoms with Crippen LogP contribution in [0.4, 0.5) is 5.13 Å². The molecular formula is C11H21N5S. The monoisotopic (exact) mass is 255 g/mol. The number of nitrogen functional groups attached to an aromatic ring is 1. The first-order valence-corrected chi connectivity index (χ1v) is 7.14. The number of aromatic nitrogens is 2. The maximum Gasteiger partial charge on any atom is 0.219 e. The Morgan fingerprint density at radius 3 is 2.76 bits per heavy atom. The van der Waals surface area contributed by atoms with Gasteiger partial charge in [0.25, 0.3) is 0 Å². The van der Waals surface area contributed by atoms with E-state index in [4.69, 9.17) is 5.84 Å². The van der Waals surface area contributed by atoms with E-state index in [1.807, 2.05) is 0 Å². The summed E-state index contributed by atoms with van der Waals surface area (Å²) in [6.07, 6.45) is 5.35. The Morgan fingerprint density at radius 1 is 1.41 bits per heavy atom. The fourth-order valence-corrected chi connectivity index (χ4v) is 3.10. The zero-order valence-electron chi connectivity index (χ0n) is 10.4. The first-order valence-electron chi connectivity index (χ1n) is 6.33. The van der Waals surface area contributed by atoms with Crippen molar-refractivity contribution in [2.24, 2.45) is 11.8 Å². The molecule has 2 heterocycles. The van der Waals surface area contributed by atoms with Gasteiger partial charge in [-0.3, -0.25) is 10.3 Å². The average molecular weight is 255 g/mol. The number of rotatable bonds is 5. The van der Waals surface area contributed by atoms with Gasteiger partial charge in [0.2, 0.25) is 5.13 Å². The van der Waals surface area contributed by atoms with Crippen LogP contribution in [0.15, 0.2) is 0 Å². The Hall–Kier alpha value is -0.720. The van der Waals surface area contributed by atoms with Gasteiger partial charge in [0, 0.05) is 0 Å². The molecule has 0 amide bonds. The van der Waals surface area contributed by atoms with E-state index < -0.39 is 0 Å². The summed E-state index contributed by atoms with van der Waals surface area (Å²) in [5.41, 5.74) is 2.53. The van der Waals surface area contributed by atoms with Gasteiger partial charge < -0.3 is 0 Å². The number of likely N-dealkylation sites (tertiary alicyclic amines) is 1. The number of nitrogens with two attached hydrogens (primary N) is 1. The van der Waals surface area contributed by atoms with Crippen molar-refractivity contribution in [3.8, 4) is 0 Å². The number of nitrogens with one attached hydrogen (secondary N) is 1. The Balaban J connectivity index is 1.77. The number of nitrogens with zero attached hydrogens (tertiary/aromatic N) is 3. The maximum atomic E-state index is 5.29. The van der Waals surface area contributed by atoms with E-state index in [-0.39, 0.29) is 0 Å². The minimum Gasteiger partial charge on any atom is -0.298 e. The van der Waals surface area contributed by atoms with Gasteiger partial charge in [0.1, 0.15) is 5.01 Å². The Morgan fingerprint density at radius 2 is 2.18 bits per heavy atom. The second-order valence-electron chi connectivity index (χ2n) is 4.65. The lowest BCUT2D eigenvalue weighted by atomic mass is 9.92. The van der Waals surface area contributed by atoms with Crippen LogP contribution in [0.3, 0.4) is 0 Å². The van der Waals surface area contributed by atoms with Gasteiger partial charge in [-0.05, 0) is 31.8 Å². The van der Waals surface area contributed by atoms with Crippen LogP contribution in [0.5, 0.6) is 0 Å². The second-order valence-corrected chi connectivity index (χ2v) is 5.72. The normalized spacial score (nSPS) is 18.5. The van der Waals surface area contributed by atoms with Gasteiger partial charge >= 0.3 is 0 Å². The van der Waals surface area contributed by atoms with Crippen molar-refractivity contribution in [3.63, 3.8) is 0 Å². The van der Waals surface area contributed by atoms with Crippen LogP contribution in [-0.4, -0.2) is 28.2 Å². The van der Waals surface area contributed by atoms with Crippen molar-refractivity contribution in [2.75, 3.05) is 18.5 Å². The van der Waals surface area contributed by atoms with Crippen LogP contribution >= 0.6 is 11.3 Å². The fraction of sp³-hybridized carbons (Fsp3) is 0.818. The summed E-state index contributed by atoms with van der Waals surface area (Å²) in [5, 5.41) is 9.81. The highest BCUT2D eigenvalue weighted by molar-refractivity contribution is 7.15. The van der Waals surface area contributed by atoms with Crippen LogP contribution in [0, 0.1) is 5.92 Å². The Kier molecular flexibility index (Phi) is 4.70. The predicted molar refractivity (Wildman–Crippen MR) is 70.6 cm³/mol. The lowest BCUT2D eigenvalue weighted by Gasteiger charge is -2.31. The quantitative estimate of drug-likeness (QED) is 0.621. The van der Waals surface area contributed by atoms with E-state index in [1.54, 1.807) is 0 Å². The molecule has 1 fully saturated rings. The Bertz CT molecular complexity index is 332. The Labute approximate surface area is 106 Å². The maximum absolute atomic E-state index is 5.29. The topological polar surface area (TPSA) is 67.1 Å². The van der Waals surface area contributed by atoms with E-state index in [0.29, 0.717) is 5.13 Å². The third-order valence-corrected chi connectivity index (χ3v) is 4.19. The number of hydrazine groups is 1. The molecule has 1 aliphatic rings. The molecule has 0 radical (unpaired) electrons. The molecule has 0 atom stereocenters. The van der Waals surface area contributed by atoms with Crippen molar-refractivity contribution in [1.29, 1.82) is 0 Å². The summed E-state index contributed by atoms with van der Waals surface area (Å²) in [6, 6.07) is 0. The fourth-order valence-electron chi connectivity index (χ4n) is 2.41. The second kappa shape index (κ2) is 6.28. The predicted octanol–water partition coefficient (Wildman–Crippen LogP) is 1.84. The molecule has 17 heavy (non-hydrogen) atoms. The molecule has 0 aromatic carbocycles. The summed E-state index contributed by atoms with van der Waals surface area (Å²) in [6.45, 7) is 5.57. The van der Waals surface area contributed by atoms with Crippen LogP contribution in [0.2, 0.25) is 0 Å². The van der Waals surface area contributed by atoms with Crippen LogP contribution in [0.25, 0.3) is 0 Å². The summed E-state index contributed by atoms with van der Waals surface area (Å²) in [5.74, 6) is 6.23. The first kappa shape index (κ1) is 12.7. The number of anilines is 1. The zero-order chi connectivity index (χ0) is 12.1. The lowest BCUT2D eigenvalue weighted by Crippen LogP contribution is -2.33. The number of hydrogen-bond donors (Lipinski definition) is 2. The molecule has 0 aliphatic carbocycles. The van der Waals surface area contributed by atoms with E-state index in [9.17, 15) is 0 Å². The lowest BCUT2D eigenvalue weighted by molar-refractivity contribution is 0.171. The van der Waals surface area contributed by atoms with Gasteiger partial charge in [-0.15, -0.1) is 10.2 Å². The van der Waals surface area contributed by atoms with Crippen molar-refractivity contribution >= 4 is 16.5 Å². The summed E-state index contributed by atoms with van der Waals surface area (Å²) in [7, 11) is 0. The first-order chi connectivity index (χ1) is 8.31. The average Bonchev–Trinajstić information content (AvgIpc) is 2.80. The number of hydrogen-bond acceptors (Lipinski definition) is 6. The largest absolute Gasteiger partial charge is 0.298 e. The molecule has 0 bridgehead atoms. The van der Waals surface area contributed by atoms with E-state index in [0.717, 1.165) is 17.5 Å². The van der Waals surface area contributed by atoms with Crippen molar-refractivity contribution in [1.82, 2.24) is 15.1 Å².